The third-order valence-electron chi connectivity index (χ3n) is 1.68. The Morgan fingerprint density at radius 1 is 0.941 bits per heavy atom. The molecule has 0 spiro atoms. The van der Waals surface area contributed by atoms with E-state index in [1.807, 2.05) is 0 Å². The van der Waals surface area contributed by atoms with E-state index < -0.39 is 40.6 Å². The summed E-state index contributed by atoms with van der Waals surface area (Å²) in [6.07, 6.45) is 0. The normalized spacial score (nSPS) is 10.2. The van der Waals surface area contributed by atoms with Crippen LogP contribution in [-0.4, -0.2) is 5.97 Å². The summed E-state index contributed by atoms with van der Waals surface area (Å²) in [7, 11) is 0. The van der Waals surface area contributed by atoms with Crippen molar-refractivity contribution in [2.75, 3.05) is 0 Å². The molecule has 0 fully saturated rings. The average molecular weight is 252 g/mol. The van der Waals surface area contributed by atoms with Crippen LogP contribution in [0, 0.1) is 29.1 Å². The number of esters is 1. The van der Waals surface area contributed by atoms with E-state index in [2.05, 4.69) is 11.3 Å². The van der Waals surface area contributed by atoms with Gasteiger partial charge in [0.2, 0.25) is 5.82 Å². The smallest absolute Gasteiger partial charge is 0.349 e. The summed E-state index contributed by atoms with van der Waals surface area (Å²) in [4.78, 5) is 11.1. The van der Waals surface area contributed by atoms with Crippen LogP contribution in [0.3, 0.4) is 0 Å². The minimum absolute atomic E-state index is 0.251. The SMILES string of the molecule is C=C(C)OC(=O)c1c(F)c(F)c(F)c(F)c1F. The second kappa shape index (κ2) is 4.52. The molecule has 0 bridgehead atoms. The van der Waals surface area contributed by atoms with Crippen LogP contribution in [0.25, 0.3) is 0 Å². The third-order valence-corrected chi connectivity index (χ3v) is 1.68. The topological polar surface area (TPSA) is 26.3 Å². The number of halogens is 5. The molecule has 0 amide bonds. The fourth-order valence-electron chi connectivity index (χ4n) is 0.993. The Kier molecular flexibility index (Phi) is 3.50. The standard InChI is InChI=1S/C10H5F5O2/c1-3(2)17-10(16)4-5(11)7(13)9(15)8(14)6(4)12/h1H2,2H3. The first-order chi connectivity index (χ1) is 7.77. The van der Waals surface area contributed by atoms with Crippen molar-refractivity contribution in [3.63, 3.8) is 0 Å². The third kappa shape index (κ3) is 2.27. The van der Waals surface area contributed by atoms with Crippen molar-refractivity contribution in [2.45, 2.75) is 6.92 Å². The van der Waals surface area contributed by atoms with Gasteiger partial charge in [-0.15, -0.1) is 0 Å². The van der Waals surface area contributed by atoms with Crippen LogP contribution in [0.2, 0.25) is 0 Å². The van der Waals surface area contributed by atoms with Crippen molar-refractivity contribution < 1.29 is 31.5 Å². The van der Waals surface area contributed by atoms with Gasteiger partial charge in [-0.1, -0.05) is 6.58 Å². The number of rotatable bonds is 2. The van der Waals surface area contributed by atoms with Crippen LogP contribution in [0.5, 0.6) is 0 Å². The largest absolute Gasteiger partial charge is 0.428 e. The molecular weight excluding hydrogens is 247 g/mol. The second-order valence-electron chi connectivity index (χ2n) is 3.04. The molecule has 0 unspecified atom stereocenters. The lowest BCUT2D eigenvalue weighted by atomic mass is 10.1. The predicted octanol–water partition coefficient (Wildman–Crippen LogP) is 3.07. The maximum Gasteiger partial charge on any atom is 0.349 e. The summed E-state index contributed by atoms with van der Waals surface area (Å²) in [6.45, 7) is 4.26. The Morgan fingerprint density at radius 3 is 1.65 bits per heavy atom. The van der Waals surface area contributed by atoms with E-state index in [1.54, 1.807) is 0 Å². The van der Waals surface area contributed by atoms with Gasteiger partial charge in [0.05, 0.1) is 5.76 Å². The van der Waals surface area contributed by atoms with E-state index in [4.69, 9.17) is 0 Å². The highest BCUT2D eigenvalue weighted by atomic mass is 19.2. The second-order valence-corrected chi connectivity index (χ2v) is 3.04. The Bertz CT molecular complexity index is 481. The van der Waals surface area contributed by atoms with Crippen molar-refractivity contribution in [1.29, 1.82) is 0 Å². The molecule has 0 heterocycles. The first-order valence-corrected chi connectivity index (χ1v) is 4.16. The van der Waals surface area contributed by atoms with Gasteiger partial charge < -0.3 is 4.74 Å². The van der Waals surface area contributed by atoms with Crippen molar-refractivity contribution in [1.82, 2.24) is 0 Å². The summed E-state index contributed by atoms with van der Waals surface area (Å²) < 4.78 is 68.3. The van der Waals surface area contributed by atoms with Crippen LogP contribution >= 0.6 is 0 Å². The minimum atomic E-state index is -2.34. The highest BCUT2D eigenvalue weighted by Gasteiger charge is 2.30. The number of carbonyl (C=O) groups excluding carboxylic acids is 1. The fourth-order valence-corrected chi connectivity index (χ4v) is 0.993. The van der Waals surface area contributed by atoms with E-state index >= 15 is 0 Å². The van der Waals surface area contributed by atoms with E-state index in [0.29, 0.717) is 0 Å². The summed E-state index contributed by atoms with van der Waals surface area (Å²) in [5, 5.41) is 0. The van der Waals surface area contributed by atoms with Gasteiger partial charge in [-0.25, -0.2) is 26.7 Å². The molecule has 92 valence electrons. The minimum Gasteiger partial charge on any atom is -0.428 e. The maximum absolute atomic E-state index is 13.1. The summed E-state index contributed by atoms with van der Waals surface area (Å²) >= 11 is 0. The van der Waals surface area contributed by atoms with Crippen LogP contribution < -0.4 is 0 Å². The van der Waals surface area contributed by atoms with Gasteiger partial charge in [-0.05, 0) is 6.92 Å². The molecule has 0 radical (unpaired) electrons. The van der Waals surface area contributed by atoms with Gasteiger partial charge >= 0.3 is 5.97 Å². The van der Waals surface area contributed by atoms with Gasteiger partial charge in [-0.2, -0.15) is 0 Å². The molecule has 0 aliphatic rings. The lowest BCUT2D eigenvalue weighted by Crippen LogP contribution is -2.14. The monoisotopic (exact) mass is 252 g/mol. The van der Waals surface area contributed by atoms with Gasteiger partial charge in [0.25, 0.3) is 0 Å². The van der Waals surface area contributed by atoms with E-state index in [1.165, 1.54) is 6.92 Å². The first kappa shape index (κ1) is 13.1. The van der Waals surface area contributed by atoms with Gasteiger partial charge in [0.15, 0.2) is 23.3 Å². The van der Waals surface area contributed by atoms with Crippen molar-refractivity contribution in [3.8, 4) is 0 Å². The Labute approximate surface area is 92.3 Å². The van der Waals surface area contributed by atoms with Crippen LogP contribution in [0.15, 0.2) is 12.3 Å². The number of benzene rings is 1. The molecule has 1 rings (SSSR count). The quantitative estimate of drug-likeness (QED) is 0.266. The summed E-state index contributed by atoms with van der Waals surface area (Å²) in [6, 6.07) is 0. The number of carbonyl (C=O) groups is 1. The van der Waals surface area contributed by atoms with Gasteiger partial charge in [0.1, 0.15) is 5.56 Å². The van der Waals surface area contributed by atoms with E-state index in [0.717, 1.165) is 0 Å². The van der Waals surface area contributed by atoms with Crippen molar-refractivity contribution >= 4 is 5.97 Å². The molecule has 0 aliphatic heterocycles. The highest BCUT2D eigenvalue weighted by Crippen LogP contribution is 2.23. The van der Waals surface area contributed by atoms with E-state index in [9.17, 15) is 26.7 Å². The molecule has 0 aromatic heterocycles. The molecule has 0 saturated heterocycles. The van der Waals surface area contributed by atoms with Crippen LogP contribution in [-0.2, 0) is 4.74 Å². The zero-order chi connectivity index (χ0) is 13.3. The molecule has 1 aromatic carbocycles. The number of ether oxygens (including phenoxy) is 1. The van der Waals surface area contributed by atoms with Crippen molar-refractivity contribution in [3.05, 3.63) is 47.0 Å². The lowest BCUT2D eigenvalue weighted by Gasteiger charge is -2.07. The van der Waals surface area contributed by atoms with Gasteiger partial charge in [-0.3, -0.25) is 0 Å². The van der Waals surface area contributed by atoms with E-state index in [-0.39, 0.29) is 5.76 Å². The van der Waals surface area contributed by atoms with Crippen molar-refractivity contribution in [2.24, 2.45) is 0 Å². The average Bonchev–Trinajstić information content (AvgIpc) is 2.23. The Balaban J connectivity index is 3.44. The maximum atomic E-state index is 13.1. The molecule has 1 aromatic rings. The zero-order valence-electron chi connectivity index (χ0n) is 8.41. The summed E-state index contributed by atoms with van der Waals surface area (Å²) in [5.41, 5.74) is -1.65. The number of hydrogen-bond acceptors (Lipinski definition) is 2. The predicted molar refractivity (Wildman–Crippen MR) is 46.5 cm³/mol. The molecule has 2 nitrogen and oxygen atoms in total. The first-order valence-electron chi connectivity index (χ1n) is 4.16. The van der Waals surface area contributed by atoms with Crippen LogP contribution in [0.4, 0.5) is 22.0 Å². The molecule has 0 atom stereocenters. The van der Waals surface area contributed by atoms with Gasteiger partial charge in [0, 0.05) is 0 Å². The Hall–Kier alpha value is -1.92. The van der Waals surface area contributed by atoms with Crippen LogP contribution in [0.1, 0.15) is 17.3 Å². The lowest BCUT2D eigenvalue weighted by molar-refractivity contribution is 0.0613. The molecule has 0 saturated carbocycles. The molecular formula is C10H5F5O2. The number of allylic oxidation sites excluding steroid dienone is 1. The summed E-state index contributed by atoms with van der Waals surface area (Å²) in [5.74, 6) is -13.2. The molecule has 7 heteroatoms. The fraction of sp³-hybridized carbons (Fsp3) is 0.100. The zero-order valence-corrected chi connectivity index (χ0v) is 8.41. The molecule has 17 heavy (non-hydrogen) atoms. The highest BCUT2D eigenvalue weighted by molar-refractivity contribution is 5.90. The Morgan fingerprint density at radius 2 is 1.29 bits per heavy atom. The molecule has 0 N–H and O–H groups in total. The molecule has 0 aliphatic carbocycles. The number of hydrogen-bond donors (Lipinski definition) is 0.